The van der Waals surface area contributed by atoms with Gasteiger partial charge in [0.05, 0.1) is 6.54 Å². The van der Waals surface area contributed by atoms with Gasteiger partial charge in [-0.25, -0.2) is 9.97 Å². The molecule has 78 valence electrons. The third-order valence-electron chi connectivity index (χ3n) is 2.02. The van der Waals surface area contributed by atoms with Crippen molar-refractivity contribution in [3.63, 3.8) is 0 Å². The SMILES string of the molecule is Cc1nc(CN(C)C)ncc1C(C)N. The molecule has 1 atom stereocenters. The number of aryl methyl sites for hydroxylation is 1. The van der Waals surface area contributed by atoms with Crippen LogP contribution in [0.2, 0.25) is 0 Å². The summed E-state index contributed by atoms with van der Waals surface area (Å²) in [6.07, 6.45) is 1.83. The maximum absolute atomic E-state index is 5.78. The Kier molecular flexibility index (Phi) is 3.55. The molecule has 1 aromatic rings. The quantitative estimate of drug-likeness (QED) is 0.775. The first-order valence-electron chi connectivity index (χ1n) is 4.73. The van der Waals surface area contributed by atoms with Crippen LogP contribution in [0.1, 0.15) is 30.0 Å². The molecule has 0 aromatic carbocycles. The van der Waals surface area contributed by atoms with Crippen LogP contribution < -0.4 is 5.73 Å². The van der Waals surface area contributed by atoms with Crippen LogP contribution in [0.15, 0.2) is 6.20 Å². The molecule has 0 saturated carbocycles. The Hall–Kier alpha value is -1.00. The lowest BCUT2D eigenvalue weighted by Gasteiger charge is -2.12. The molecule has 0 saturated heterocycles. The zero-order valence-corrected chi connectivity index (χ0v) is 9.28. The lowest BCUT2D eigenvalue weighted by Crippen LogP contribution is -2.16. The van der Waals surface area contributed by atoms with Crippen LogP contribution in [0.25, 0.3) is 0 Å². The van der Waals surface area contributed by atoms with Gasteiger partial charge in [0.2, 0.25) is 0 Å². The summed E-state index contributed by atoms with van der Waals surface area (Å²) in [7, 11) is 4.00. The largest absolute Gasteiger partial charge is 0.324 e. The van der Waals surface area contributed by atoms with E-state index in [0.717, 1.165) is 23.6 Å². The van der Waals surface area contributed by atoms with E-state index in [2.05, 4.69) is 9.97 Å². The van der Waals surface area contributed by atoms with Gasteiger partial charge in [0.1, 0.15) is 5.82 Å². The molecule has 1 aromatic heterocycles. The Labute approximate surface area is 85.2 Å². The van der Waals surface area contributed by atoms with Crippen molar-refractivity contribution in [3.8, 4) is 0 Å². The van der Waals surface area contributed by atoms with E-state index in [0.29, 0.717) is 0 Å². The molecule has 4 heteroatoms. The first-order valence-corrected chi connectivity index (χ1v) is 4.73. The first-order chi connectivity index (χ1) is 6.50. The van der Waals surface area contributed by atoms with Crippen LogP contribution in [0, 0.1) is 6.92 Å². The fourth-order valence-corrected chi connectivity index (χ4v) is 1.33. The molecule has 0 bridgehead atoms. The van der Waals surface area contributed by atoms with Gasteiger partial charge in [0.15, 0.2) is 0 Å². The van der Waals surface area contributed by atoms with Gasteiger partial charge >= 0.3 is 0 Å². The van der Waals surface area contributed by atoms with Gasteiger partial charge in [0.25, 0.3) is 0 Å². The normalized spacial score (nSPS) is 13.3. The lowest BCUT2D eigenvalue weighted by atomic mass is 10.1. The van der Waals surface area contributed by atoms with Crippen LogP contribution in [0.3, 0.4) is 0 Å². The summed E-state index contributed by atoms with van der Waals surface area (Å²) in [5.41, 5.74) is 7.77. The van der Waals surface area contributed by atoms with Crippen LogP contribution in [-0.4, -0.2) is 29.0 Å². The summed E-state index contributed by atoms with van der Waals surface area (Å²) in [5.74, 6) is 0.844. The van der Waals surface area contributed by atoms with Crippen LogP contribution in [0.4, 0.5) is 0 Å². The minimum atomic E-state index is 0.00315. The second-order valence-corrected chi connectivity index (χ2v) is 3.85. The van der Waals surface area contributed by atoms with Crippen molar-refractivity contribution in [1.82, 2.24) is 14.9 Å². The van der Waals surface area contributed by atoms with Gasteiger partial charge in [-0.05, 0) is 27.9 Å². The van der Waals surface area contributed by atoms with Crippen molar-refractivity contribution in [2.45, 2.75) is 26.4 Å². The Morgan fingerprint density at radius 1 is 1.50 bits per heavy atom. The van der Waals surface area contributed by atoms with Gasteiger partial charge in [0, 0.05) is 23.5 Å². The maximum Gasteiger partial charge on any atom is 0.142 e. The summed E-state index contributed by atoms with van der Waals surface area (Å²) in [6.45, 7) is 4.68. The summed E-state index contributed by atoms with van der Waals surface area (Å²) in [6, 6.07) is 0.00315. The van der Waals surface area contributed by atoms with E-state index in [-0.39, 0.29) is 6.04 Å². The van der Waals surface area contributed by atoms with Crippen molar-refractivity contribution in [3.05, 3.63) is 23.3 Å². The van der Waals surface area contributed by atoms with Gasteiger partial charge < -0.3 is 10.6 Å². The van der Waals surface area contributed by atoms with Crippen molar-refractivity contribution in [2.24, 2.45) is 5.73 Å². The molecular weight excluding hydrogens is 176 g/mol. The fraction of sp³-hybridized carbons (Fsp3) is 0.600. The van der Waals surface area contributed by atoms with Crippen LogP contribution in [0.5, 0.6) is 0 Å². The average Bonchev–Trinajstić information content (AvgIpc) is 2.01. The van der Waals surface area contributed by atoms with E-state index in [1.807, 2.05) is 39.0 Å². The molecule has 1 rings (SSSR count). The lowest BCUT2D eigenvalue weighted by molar-refractivity contribution is 0.389. The summed E-state index contributed by atoms with van der Waals surface area (Å²) < 4.78 is 0. The van der Waals surface area contributed by atoms with Crippen molar-refractivity contribution >= 4 is 0 Å². The average molecular weight is 194 g/mol. The van der Waals surface area contributed by atoms with E-state index in [9.17, 15) is 0 Å². The molecule has 0 aliphatic rings. The molecule has 1 unspecified atom stereocenters. The van der Waals surface area contributed by atoms with E-state index >= 15 is 0 Å². The number of rotatable bonds is 3. The molecule has 4 nitrogen and oxygen atoms in total. The monoisotopic (exact) mass is 194 g/mol. The zero-order valence-electron chi connectivity index (χ0n) is 9.28. The molecule has 0 aliphatic carbocycles. The Bertz CT molecular complexity index is 307. The minimum Gasteiger partial charge on any atom is -0.324 e. The molecule has 0 fully saturated rings. The predicted octanol–water partition coefficient (Wildman–Crippen LogP) is 0.866. The van der Waals surface area contributed by atoms with Gasteiger partial charge in [-0.15, -0.1) is 0 Å². The van der Waals surface area contributed by atoms with Gasteiger partial charge in [-0.2, -0.15) is 0 Å². The van der Waals surface area contributed by atoms with Crippen molar-refractivity contribution in [2.75, 3.05) is 14.1 Å². The zero-order chi connectivity index (χ0) is 10.7. The minimum absolute atomic E-state index is 0.00315. The second-order valence-electron chi connectivity index (χ2n) is 3.85. The third-order valence-corrected chi connectivity index (χ3v) is 2.02. The third kappa shape index (κ3) is 2.75. The topological polar surface area (TPSA) is 55.0 Å². The molecular formula is C10H18N4. The number of nitrogens with two attached hydrogens (primary N) is 1. The first kappa shape index (κ1) is 11.1. The van der Waals surface area contributed by atoms with Crippen LogP contribution >= 0.6 is 0 Å². The smallest absolute Gasteiger partial charge is 0.142 e. The predicted molar refractivity (Wildman–Crippen MR) is 56.8 cm³/mol. The standard InChI is InChI=1S/C10H18N4/c1-7(11)9-5-12-10(6-14(3)4)13-8(9)2/h5,7H,6,11H2,1-4H3. The van der Waals surface area contributed by atoms with E-state index < -0.39 is 0 Å². The molecule has 0 amide bonds. The van der Waals surface area contributed by atoms with Gasteiger partial charge in [-0.1, -0.05) is 0 Å². The van der Waals surface area contributed by atoms with Gasteiger partial charge in [-0.3, -0.25) is 0 Å². The number of nitrogens with zero attached hydrogens (tertiary/aromatic N) is 3. The Morgan fingerprint density at radius 2 is 2.14 bits per heavy atom. The highest BCUT2D eigenvalue weighted by Gasteiger charge is 2.07. The Morgan fingerprint density at radius 3 is 2.57 bits per heavy atom. The molecule has 0 aliphatic heterocycles. The maximum atomic E-state index is 5.78. The van der Waals surface area contributed by atoms with Crippen LogP contribution in [-0.2, 0) is 6.54 Å². The van der Waals surface area contributed by atoms with E-state index in [1.165, 1.54) is 0 Å². The summed E-state index contributed by atoms with van der Waals surface area (Å²) in [5, 5.41) is 0. The second kappa shape index (κ2) is 4.48. The summed E-state index contributed by atoms with van der Waals surface area (Å²) in [4.78, 5) is 10.7. The Balaban J connectivity index is 2.89. The molecule has 0 radical (unpaired) electrons. The summed E-state index contributed by atoms with van der Waals surface area (Å²) >= 11 is 0. The number of hydrogen-bond donors (Lipinski definition) is 1. The fourth-order valence-electron chi connectivity index (χ4n) is 1.33. The highest BCUT2D eigenvalue weighted by molar-refractivity contribution is 5.19. The molecule has 2 N–H and O–H groups in total. The molecule has 1 heterocycles. The van der Waals surface area contributed by atoms with Crippen molar-refractivity contribution in [1.29, 1.82) is 0 Å². The highest BCUT2D eigenvalue weighted by Crippen LogP contribution is 2.11. The molecule has 14 heavy (non-hydrogen) atoms. The highest BCUT2D eigenvalue weighted by atomic mass is 15.1. The van der Waals surface area contributed by atoms with Crippen molar-refractivity contribution < 1.29 is 0 Å². The molecule has 0 spiro atoms. The van der Waals surface area contributed by atoms with E-state index in [1.54, 1.807) is 0 Å². The van der Waals surface area contributed by atoms with E-state index in [4.69, 9.17) is 5.73 Å². The number of hydrogen-bond acceptors (Lipinski definition) is 4. The number of aromatic nitrogens is 2.